The Morgan fingerprint density at radius 1 is 1.28 bits per heavy atom. The maximum absolute atomic E-state index is 13.0. The lowest BCUT2D eigenvalue weighted by Crippen LogP contribution is -2.39. The molecule has 1 fully saturated rings. The number of β-amino-alcohol motifs (C(OH)–C–C–N with tert-alkyl or cyclic N) is 1. The number of nitrogens with zero attached hydrogens (tertiary/aromatic N) is 2. The van der Waals surface area contributed by atoms with Gasteiger partial charge in [0, 0.05) is 32.4 Å². The number of nitrogens with one attached hydrogen (secondary N) is 1. The number of alkyl halides is 3. The van der Waals surface area contributed by atoms with Crippen LogP contribution in [0.3, 0.4) is 0 Å². The highest BCUT2D eigenvalue weighted by atomic mass is 19.4. The second-order valence-electron chi connectivity index (χ2n) is 7.98. The van der Waals surface area contributed by atoms with Gasteiger partial charge in [-0.15, -0.1) is 0 Å². The van der Waals surface area contributed by atoms with E-state index in [-0.39, 0.29) is 23.9 Å². The van der Waals surface area contributed by atoms with E-state index in [2.05, 4.69) is 10.2 Å². The van der Waals surface area contributed by atoms with Crippen LogP contribution in [0.15, 0.2) is 48.5 Å². The number of aliphatic hydroxyl groups excluding tert-OH is 1. The van der Waals surface area contributed by atoms with Crippen LogP contribution in [0.5, 0.6) is 0 Å². The van der Waals surface area contributed by atoms with Crippen molar-refractivity contribution < 1.29 is 27.9 Å². The number of aliphatic hydroxyl groups is 1. The molecule has 2 N–H and O–H groups in total. The van der Waals surface area contributed by atoms with Crippen molar-refractivity contribution in [3.05, 3.63) is 65.2 Å². The summed E-state index contributed by atoms with van der Waals surface area (Å²) in [7, 11) is 1.63. The molecule has 0 aliphatic carbocycles. The fraction of sp³-hybridized carbons (Fsp3) is 0.391. The molecule has 2 unspecified atom stereocenters. The largest absolute Gasteiger partial charge is 0.416 e. The van der Waals surface area contributed by atoms with Crippen LogP contribution in [-0.2, 0) is 22.2 Å². The molecule has 0 saturated carbocycles. The topological polar surface area (TPSA) is 72.9 Å². The van der Waals surface area contributed by atoms with Crippen molar-refractivity contribution in [2.75, 3.05) is 32.0 Å². The first kappa shape index (κ1) is 23.7. The summed E-state index contributed by atoms with van der Waals surface area (Å²) in [5.41, 5.74) is 0.934. The van der Waals surface area contributed by atoms with Crippen molar-refractivity contribution >= 4 is 18.0 Å². The smallest absolute Gasteiger partial charge is 0.392 e. The number of benzene rings is 2. The molecule has 2 aromatic carbocycles. The molecular weight excluding hydrogens is 423 g/mol. The predicted molar refractivity (Wildman–Crippen MR) is 114 cm³/mol. The molecule has 0 aromatic heterocycles. The van der Waals surface area contributed by atoms with Crippen LogP contribution < -0.4 is 5.32 Å². The zero-order chi connectivity index (χ0) is 23.3. The maximum Gasteiger partial charge on any atom is 0.416 e. The number of halogens is 3. The van der Waals surface area contributed by atoms with E-state index in [1.807, 2.05) is 0 Å². The Morgan fingerprint density at radius 2 is 2.00 bits per heavy atom. The minimum Gasteiger partial charge on any atom is -0.392 e. The third-order valence-corrected chi connectivity index (χ3v) is 5.67. The van der Waals surface area contributed by atoms with Gasteiger partial charge in [0.15, 0.2) is 0 Å². The van der Waals surface area contributed by atoms with Crippen LogP contribution in [0.25, 0.3) is 0 Å². The molecule has 2 amide bonds. The van der Waals surface area contributed by atoms with Gasteiger partial charge in [0.2, 0.25) is 12.3 Å². The minimum absolute atomic E-state index is 0.162. The van der Waals surface area contributed by atoms with Gasteiger partial charge < -0.3 is 15.3 Å². The van der Waals surface area contributed by atoms with Gasteiger partial charge >= 0.3 is 6.18 Å². The molecule has 1 aliphatic rings. The molecule has 32 heavy (non-hydrogen) atoms. The van der Waals surface area contributed by atoms with Gasteiger partial charge in [-0.2, -0.15) is 13.2 Å². The lowest BCUT2D eigenvalue weighted by Gasteiger charge is -2.32. The fourth-order valence-electron chi connectivity index (χ4n) is 3.87. The van der Waals surface area contributed by atoms with Crippen molar-refractivity contribution in [1.29, 1.82) is 0 Å². The van der Waals surface area contributed by atoms with Crippen LogP contribution in [0.1, 0.15) is 29.2 Å². The second kappa shape index (κ2) is 10.1. The number of amides is 2. The molecule has 1 heterocycles. The zero-order valence-electron chi connectivity index (χ0n) is 17.7. The third kappa shape index (κ3) is 6.08. The van der Waals surface area contributed by atoms with Gasteiger partial charge in [-0.05, 0) is 35.7 Å². The molecule has 0 radical (unpaired) electrons. The predicted octanol–water partition coefficient (Wildman–Crippen LogP) is 3.08. The van der Waals surface area contributed by atoms with Gasteiger partial charge in [0.1, 0.15) is 0 Å². The number of rotatable bonds is 8. The van der Waals surface area contributed by atoms with E-state index in [4.69, 9.17) is 0 Å². The minimum atomic E-state index is -4.47. The second-order valence-corrected chi connectivity index (χ2v) is 7.98. The van der Waals surface area contributed by atoms with Gasteiger partial charge in [-0.3, -0.25) is 14.5 Å². The SMILES string of the molecule is CN(C(=O)Cc1cccc(C(F)(F)F)c1)C(CN1CCC(O)C1)c1ccc(NC=O)cc1. The van der Waals surface area contributed by atoms with Crippen LogP contribution >= 0.6 is 0 Å². The number of likely N-dealkylation sites (N-methyl/N-ethyl adjacent to an activating group) is 1. The van der Waals surface area contributed by atoms with Crippen molar-refractivity contribution in [2.45, 2.75) is 31.2 Å². The fourth-order valence-corrected chi connectivity index (χ4v) is 3.87. The molecule has 1 saturated heterocycles. The van der Waals surface area contributed by atoms with Crippen LogP contribution in [-0.4, -0.2) is 60.0 Å². The number of hydrogen-bond acceptors (Lipinski definition) is 4. The number of carbonyl (C=O) groups is 2. The van der Waals surface area contributed by atoms with Gasteiger partial charge in [0.05, 0.1) is 24.1 Å². The first-order valence-corrected chi connectivity index (χ1v) is 10.3. The lowest BCUT2D eigenvalue weighted by molar-refractivity contribution is -0.138. The van der Waals surface area contributed by atoms with Crippen molar-refractivity contribution in [1.82, 2.24) is 9.80 Å². The van der Waals surface area contributed by atoms with Gasteiger partial charge in [-0.25, -0.2) is 0 Å². The molecule has 172 valence electrons. The molecule has 1 aliphatic heterocycles. The summed E-state index contributed by atoms with van der Waals surface area (Å²) in [4.78, 5) is 27.3. The van der Waals surface area contributed by atoms with Crippen molar-refractivity contribution in [3.8, 4) is 0 Å². The molecule has 6 nitrogen and oxygen atoms in total. The van der Waals surface area contributed by atoms with E-state index in [9.17, 15) is 27.9 Å². The Kier molecular flexibility index (Phi) is 7.52. The Labute approximate surface area is 184 Å². The van der Waals surface area contributed by atoms with E-state index >= 15 is 0 Å². The summed E-state index contributed by atoms with van der Waals surface area (Å²) in [5.74, 6) is -0.316. The first-order chi connectivity index (χ1) is 15.2. The first-order valence-electron chi connectivity index (χ1n) is 10.3. The van der Waals surface area contributed by atoms with Crippen LogP contribution in [0, 0.1) is 0 Å². The van der Waals surface area contributed by atoms with Crippen LogP contribution in [0.2, 0.25) is 0 Å². The summed E-state index contributed by atoms with van der Waals surface area (Å²) in [6.45, 7) is 1.66. The van der Waals surface area contributed by atoms with Crippen molar-refractivity contribution in [3.63, 3.8) is 0 Å². The number of hydrogen-bond donors (Lipinski definition) is 2. The summed E-state index contributed by atoms with van der Waals surface area (Å²) in [5, 5.41) is 12.4. The van der Waals surface area contributed by atoms with E-state index in [1.54, 1.807) is 31.3 Å². The Morgan fingerprint density at radius 3 is 2.59 bits per heavy atom. The standard InChI is InChI=1S/C23H26F3N3O3/c1-28(22(32)12-16-3-2-4-18(11-16)23(24,25)26)21(14-29-10-9-20(31)13-29)17-5-7-19(8-6-17)27-15-30/h2-8,11,15,20-21,31H,9-10,12-14H2,1H3,(H,27,30). The highest BCUT2D eigenvalue weighted by Gasteiger charge is 2.31. The highest BCUT2D eigenvalue weighted by Crippen LogP contribution is 2.30. The highest BCUT2D eigenvalue weighted by molar-refractivity contribution is 5.79. The molecule has 0 spiro atoms. The van der Waals surface area contributed by atoms with E-state index in [1.165, 1.54) is 17.0 Å². The van der Waals surface area contributed by atoms with E-state index in [0.29, 0.717) is 38.2 Å². The normalized spacial score (nSPS) is 17.7. The molecule has 9 heteroatoms. The van der Waals surface area contributed by atoms with Gasteiger partial charge in [-0.1, -0.05) is 30.3 Å². The maximum atomic E-state index is 13.0. The number of carbonyl (C=O) groups excluding carboxylic acids is 2. The summed E-state index contributed by atoms with van der Waals surface area (Å²) >= 11 is 0. The molecule has 3 rings (SSSR count). The molecule has 2 aromatic rings. The molecule has 0 bridgehead atoms. The lowest BCUT2D eigenvalue weighted by atomic mass is 10.0. The summed E-state index contributed by atoms with van der Waals surface area (Å²) < 4.78 is 39.0. The Hall–Kier alpha value is -2.91. The Bertz CT molecular complexity index is 934. The monoisotopic (exact) mass is 449 g/mol. The Balaban J connectivity index is 1.79. The summed E-state index contributed by atoms with van der Waals surface area (Å²) in [6, 6.07) is 11.5. The summed E-state index contributed by atoms with van der Waals surface area (Å²) in [6.07, 6.45) is -3.83. The van der Waals surface area contributed by atoms with E-state index in [0.717, 1.165) is 17.7 Å². The van der Waals surface area contributed by atoms with Crippen molar-refractivity contribution in [2.24, 2.45) is 0 Å². The number of likely N-dealkylation sites (tertiary alicyclic amines) is 1. The molecular formula is C23H26F3N3O3. The number of anilines is 1. The zero-order valence-corrected chi connectivity index (χ0v) is 17.7. The average Bonchev–Trinajstić information content (AvgIpc) is 3.17. The van der Waals surface area contributed by atoms with E-state index < -0.39 is 17.8 Å². The third-order valence-electron chi connectivity index (χ3n) is 5.67. The quantitative estimate of drug-likeness (QED) is 0.608. The van der Waals surface area contributed by atoms with Crippen LogP contribution in [0.4, 0.5) is 18.9 Å². The average molecular weight is 449 g/mol. The molecule has 2 atom stereocenters. The van der Waals surface area contributed by atoms with Gasteiger partial charge in [0.25, 0.3) is 0 Å².